The van der Waals surface area contributed by atoms with E-state index in [0.717, 1.165) is 38.5 Å². The van der Waals surface area contributed by atoms with Crippen LogP contribution in [0.25, 0.3) is 0 Å². The minimum Gasteiger partial charge on any atom is -0.494 e. The maximum absolute atomic E-state index is 5.66. The molecule has 0 radical (unpaired) electrons. The van der Waals surface area contributed by atoms with Crippen molar-refractivity contribution in [1.82, 2.24) is 10.2 Å². The molecule has 17 heavy (non-hydrogen) atoms. The quantitative estimate of drug-likeness (QED) is 0.861. The topological polar surface area (TPSA) is 24.5 Å². The molecule has 0 saturated carbocycles. The van der Waals surface area contributed by atoms with Crippen molar-refractivity contribution in [2.24, 2.45) is 0 Å². The van der Waals surface area contributed by atoms with Crippen molar-refractivity contribution in [2.75, 3.05) is 26.2 Å². The molecule has 0 bridgehead atoms. The number of para-hydroxylation sites is 1. The SMILES string of the molecule is CCOc1ccccc1CN1CCN[C@@H](C)C1. The summed E-state index contributed by atoms with van der Waals surface area (Å²) < 4.78 is 5.66. The fourth-order valence-electron chi connectivity index (χ4n) is 2.33. The van der Waals surface area contributed by atoms with Crippen LogP contribution in [0.2, 0.25) is 0 Å². The molecule has 1 fully saturated rings. The van der Waals surface area contributed by atoms with Crippen LogP contribution in [0.5, 0.6) is 5.75 Å². The number of nitrogens with zero attached hydrogens (tertiary/aromatic N) is 1. The first-order valence-electron chi connectivity index (χ1n) is 6.46. The third-order valence-corrected chi connectivity index (χ3v) is 3.12. The summed E-state index contributed by atoms with van der Waals surface area (Å²) in [6.45, 7) is 9.30. The molecular formula is C14H22N2O. The second-order valence-electron chi connectivity index (χ2n) is 4.63. The Kier molecular flexibility index (Phi) is 4.40. The van der Waals surface area contributed by atoms with Crippen molar-refractivity contribution in [2.45, 2.75) is 26.4 Å². The molecule has 1 saturated heterocycles. The molecule has 1 atom stereocenters. The molecule has 0 aromatic heterocycles. The first kappa shape index (κ1) is 12.4. The summed E-state index contributed by atoms with van der Waals surface area (Å²) in [6.07, 6.45) is 0. The van der Waals surface area contributed by atoms with Gasteiger partial charge in [-0.05, 0) is 19.9 Å². The van der Waals surface area contributed by atoms with Crippen LogP contribution in [-0.4, -0.2) is 37.2 Å². The van der Waals surface area contributed by atoms with Gasteiger partial charge in [0.05, 0.1) is 6.61 Å². The summed E-state index contributed by atoms with van der Waals surface area (Å²) in [5, 5.41) is 3.46. The zero-order valence-electron chi connectivity index (χ0n) is 10.8. The van der Waals surface area contributed by atoms with Crippen LogP contribution in [0.3, 0.4) is 0 Å². The van der Waals surface area contributed by atoms with Crippen LogP contribution >= 0.6 is 0 Å². The highest BCUT2D eigenvalue weighted by Crippen LogP contribution is 2.20. The Morgan fingerprint density at radius 1 is 1.41 bits per heavy atom. The zero-order valence-corrected chi connectivity index (χ0v) is 10.8. The Morgan fingerprint density at radius 2 is 2.24 bits per heavy atom. The van der Waals surface area contributed by atoms with E-state index in [1.54, 1.807) is 0 Å². The number of ether oxygens (including phenoxy) is 1. The van der Waals surface area contributed by atoms with Crippen LogP contribution in [0.15, 0.2) is 24.3 Å². The Balaban J connectivity index is 2.01. The number of hydrogen-bond donors (Lipinski definition) is 1. The Morgan fingerprint density at radius 3 is 3.00 bits per heavy atom. The van der Waals surface area contributed by atoms with Crippen molar-refractivity contribution >= 4 is 0 Å². The molecule has 94 valence electrons. The fourth-order valence-corrected chi connectivity index (χ4v) is 2.33. The van der Waals surface area contributed by atoms with E-state index in [1.165, 1.54) is 5.56 Å². The molecule has 0 spiro atoms. The molecule has 2 rings (SSSR count). The third kappa shape index (κ3) is 3.45. The van der Waals surface area contributed by atoms with Gasteiger partial charge in [0.25, 0.3) is 0 Å². The number of hydrogen-bond acceptors (Lipinski definition) is 3. The summed E-state index contributed by atoms with van der Waals surface area (Å²) in [7, 11) is 0. The monoisotopic (exact) mass is 234 g/mol. The third-order valence-electron chi connectivity index (χ3n) is 3.12. The Labute approximate surface area is 104 Å². The van der Waals surface area contributed by atoms with Gasteiger partial charge in [-0.2, -0.15) is 0 Å². The van der Waals surface area contributed by atoms with Crippen LogP contribution in [0.4, 0.5) is 0 Å². The first-order chi connectivity index (χ1) is 8.29. The van der Waals surface area contributed by atoms with E-state index < -0.39 is 0 Å². The maximum atomic E-state index is 5.66. The summed E-state index contributed by atoms with van der Waals surface area (Å²) in [5.41, 5.74) is 1.29. The lowest BCUT2D eigenvalue weighted by molar-refractivity contribution is 0.196. The highest BCUT2D eigenvalue weighted by Gasteiger charge is 2.16. The number of benzene rings is 1. The minimum absolute atomic E-state index is 0.586. The smallest absolute Gasteiger partial charge is 0.123 e. The van der Waals surface area contributed by atoms with E-state index in [9.17, 15) is 0 Å². The second kappa shape index (κ2) is 6.03. The molecule has 0 aliphatic carbocycles. The first-order valence-corrected chi connectivity index (χ1v) is 6.46. The highest BCUT2D eigenvalue weighted by molar-refractivity contribution is 5.33. The molecule has 3 nitrogen and oxygen atoms in total. The summed E-state index contributed by atoms with van der Waals surface area (Å²) >= 11 is 0. The zero-order chi connectivity index (χ0) is 12.1. The standard InChI is InChI=1S/C14H22N2O/c1-3-17-14-7-5-4-6-13(14)11-16-9-8-15-12(2)10-16/h4-7,12,15H,3,8-11H2,1-2H3/t12-/m0/s1. The molecule has 1 heterocycles. The number of nitrogens with one attached hydrogen (secondary N) is 1. The van der Waals surface area contributed by atoms with Gasteiger partial charge in [-0.15, -0.1) is 0 Å². The van der Waals surface area contributed by atoms with Crippen molar-refractivity contribution in [3.05, 3.63) is 29.8 Å². The largest absolute Gasteiger partial charge is 0.494 e. The van der Waals surface area contributed by atoms with Crippen LogP contribution in [-0.2, 0) is 6.54 Å². The molecule has 1 N–H and O–H groups in total. The van der Waals surface area contributed by atoms with E-state index in [-0.39, 0.29) is 0 Å². The maximum Gasteiger partial charge on any atom is 0.123 e. The van der Waals surface area contributed by atoms with Gasteiger partial charge in [0, 0.05) is 37.8 Å². The number of rotatable bonds is 4. The predicted octanol–water partition coefficient (Wildman–Crippen LogP) is 1.88. The average molecular weight is 234 g/mol. The lowest BCUT2D eigenvalue weighted by Crippen LogP contribution is -2.48. The summed E-state index contributed by atoms with van der Waals surface area (Å²) in [5.74, 6) is 1.03. The highest BCUT2D eigenvalue weighted by atomic mass is 16.5. The molecule has 1 aromatic rings. The van der Waals surface area contributed by atoms with Gasteiger partial charge >= 0.3 is 0 Å². The van der Waals surface area contributed by atoms with E-state index in [2.05, 4.69) is 35.3 Å². The van der Waals surface area contributed by atoms with Crippen LogP contribution in [0, 0.1) is 0 Å². The molecule has 0 amide bonds. The van der Waals surface area contributed by atoms with Crippen molar-refractivity contribution < 1.29 is 4.74 Å². The van der Waals surface area contributed by atoms with E-state index in [1.807, 2.05) is 13.0 Å². The molecule has 0 unspecified atom stereocenters. The molecule has 1 aromatic carbocycles. The predicted molar refractivity (Wildman–Crippen MR) is 70.4 cm³/mol. The van der Waals surface area contributed by atoms with Crippen LogP contribution < -0.4 is 10.1 Å². The van der Waals surface area contributed by atoms with Crippen molar-refractivity contribution in [1.29, 1.82) is 0 Å². The summed E-state index contributed by atoms with van der Waals surface area (Å²) in [4.78, 5) is 2.49. The Bertz CT molecular complexity index is 354. The lowest BCUT2D eigenvalue weighted by Gasteiger charge is -2.32. The molecule has 1 aliphatic rings. The molecular weight excluding hydrogens is 212 g/mol. The number of piperazine rings is 1. The van der Waals surface area contributed by atoms with Gasteiger partial charge in [-0.25, -0.2) is 0 Å². The average Bonchev–Trinajstić information content (AvgIpc) is 2.32. The van der Waals surface area contributed by atoms with E-state index >= 15 is 0 Å². The normalized spacial score (nSPS) is 21.4. The Hall–Kier alpha value is -1.06. The second-order valence-corrected chi connectivity index (χ2v) is 4.63. The van der Waals surface area contributed by atoms with Gasteiger partial charge in [-0.3, -0.25) is 4.90 Å². The van der Waals surface area contributed by atoms with Gasteiger partial charge in [0.1, 0.15) is 5.75 Å². The van der Waals surface area contributed by atoms with Gasteiger partial charge < -0.3 is 10.1 Å². The minimum atomic E-state index is 0.586. The fraction of sp³-hybridized carbons (Fsp3) is 0.571. The molecule has 1 aliphatic heterocycles. The van der Waals surface area contributed by atoms with E-state index in [0.29, 0.717) is 6.04 Å². The van der Waals surface area contributed by atoms with Crippen LogP contribution in [0.1, 0.15) is 19.4 Å². The van der Waals surface area contributed by atoms with Gasteiger partial charge in [0.15, 0.2) is 0 Å². The lowest BCUT2D eigenvalue weighted by atomic mass is 10.1. The van der Waals surface area contributed by atoms with Crippen molar-refractivity contribution in [3.8, 4) is 5.75 Å². The van der Waals surface area contributed by atoms with Crippen molar-refractivity contribution in [3.63, 3.8) is 0 Å². The van der Waals surface area contributed by atoms with E-state index in [4.69, 9.17) is 4.74 Å². The van der Waals surface area contributed by atoms with Gasteiger partial charge in [0.2, 0.25) is 0 Å². The molecule has 3 heteroatoms. The summed E-state index contributed by atoms with van der Waals surface area (Å²) in [6, 6.07) is 8.93. The van der Waals surface area contributed by atoms with Gasteiger partial charge in [-0.1, -0.05) is 18.2 Å².